The van der Waals surface area contributed by atoms with Crippen molar-refractivity contribution in [1.29, 1.82) is 0 Å². The molecule has 2 N–H and O–H groups in total. The van der Waals surface area contributed by atoms with E-state index in [1.807, 2.05) is 31.2 Å². The lowest BCUT2D eigenvalue weighted by Gasteiger charge is -2.17. The lowest BCUT2D eigenvalue weighted by atomic mass is 10.2. The quantitative estimate of drug-likeness (QED) is 0.726. The number of aryl methyl sites for hydroxylation is 1. The minimum atomic E-state index is -0.394. The summed E-state index contributed by atoms with van der Waals surface area (Å²) in [6, 6.07) is 7.85. The van der Waals surface area contributed by atoms with Gasteiger partial charge in [-0.3, -0.25) is 0 Å². The van der Waals surface area contributed by atoms with Crippen molar-refractivity contribution in [1.82, 2.24) is 5.32 Å². The Morgan fingerprint density at radius 3 is 2.79 bits per heavy atom. The van der Waals surface area contributed by atoms with Crippen LogP contribution < -0.4 is 10.1 Å². The van der Waals surface area contributed by atoms with Crippen LogP contribution in [0.4, 0.5) is 0 Å². The molecular formula is C11H15NO2. The summed E-state index contributed by atoms with van der Waals surface area (Å²) >= 11 is 0. The van der Waals surface area contributed by atoms with Crippen LogP contribution in [0.5, 0.6) is 5.75 Å². The molecule has 14 heavy (non-hydrogen) atoms. The van der Waals surface area contributed by atoms with Crippen LogP contribution in [0.15, 0.2) is 24.3 Å². The van der Waals surface area contributed by atoms with E-state index in [4.69, 9.17) is 4.74 Å². The molecule has 0 spiro atoms. The second-order valence-electron chi connectivity index (χ2n) is 3.65. The van der Waals surface area contributed by atoms with Gasteiger partial charge in [0.25, 0.3) is 0 Å². The average Bonchev–Trinajstić information content (AvgIpc) is 2.56. The van der Waals surface area contributed by atoms with Crippen LogP contribution in [0.25, 0.3) is 0 Å². The Balaban J connectivity index is 2.07. The molecule has 3 heteroatoms. The van der Waals surface area contributed by atoms with Crippen LogP contribution in [0.3, 0.4) is 0 Å². The van der Waals surface area contributed by atoms with Crippen LogP contribution in [0, 0.1) is 6.92 Å². The predicted molar refractivity (Wildman–Crippen MR) is 54.5 cm³/mol. The molecule has 0 bridgehead atoms. The lowest BCUT2D eigenvalue weighted by molar-refractivity contribution is 0.0733. The van der Waals surface area contributed by atoms with E-state index in [2.05, 4.69) is 5.32 Å². The van der Waals surface area contributed by atoms with E-state index in [9.17, 15) is 5.11 Å². The second kappa shape index (κ2) is 3.98. The highest BCUT2D eigenvalue weighted by atomic mass is 16.5. The third kappa shape index (κ3) is 1.89. The van der Waals surface area contributed by atoms with Crippen molar-refractivity contribution in [2.45, 2.75) is 19.1 Å². The fraction of sp³-hybridized carbons (Fsp3) is 0.455. The zero-order valence-corrected chi connectivity index (χ0v) is 8.23. The summed E-state index contributed by atoms with van der Waals surface area (Å²) in [7, 11) is 0. The van der Waals surface area contributed by atoms with Gasteiger partial charge in [-0.2, -0.15) is 0 Å². The molecule has 0 radical (unpaired) electrons. The molecule has 0 saturated carbocycles. The zero-order valence-electron chi connectivity index (χ0n) is 8.23. The highest BCUT2D eigenvalue weighted by molar-refractivity contribution is 5.32. The van der Waals surface area contributed by atoms with Crippen molar-refractivity contribution in [2.75, 3.05) is 13.1 Å². The van der Waals surface area contributed by atoms with E-state index in [1.54, 1.807) is 0 Å². The molecule has 0 aliphatic carbocycles. The Bertz CT molecular complexity index is 314. The number of hydrogen-bond acceptors (Lipinski definition) is 3. The summed E-state index contributed by atoms with van der Waals surface area (Å²) in [5.41, 5.74) is 1.10. The largest absolute Gasteiger partial charge is 0.486 e. The first-order valence-electron chi connectivity index (χ1n) is 4.88. The maximum Gasteiger partial charge on any atom is 0.138 e. The number of benzene rings is 1. The molecule has 0 amide bonds. The molecule has 1 heterocycles. The van der Waals surface area contributed by atoms with Gasteiger partial charge in [-0.25, -0.2) is 0 Å². The second-order valence-corrected chi connectivity index (χ2v) is 3.65. The SMILES string of the molecule is Cc1ccccc1O[C@H]1CNC[C@@H]1O. The van der Waals surface area contributed by atoms with E-state index >= 15 is 0 Å². The fourth-order valence-electron chi connectivity index (χ4n) is 1.61. The smallest absolute Gasteiger partial charge is 0.138 e. The van der Waals surface area contributed by atoms with E-state index in [1.165, 1.54) is 0 Å². The Labute approximate surface area is 83.7 Å². The van der Waals surface area contributed by atoms with Gasteiger partial charge in [0.15, 0.2) is 0 Å². The molecule has 76 valence electrons. The van der Waals surface area contributed by atoms with Crippen LogP contribution in [-0.4, -0.2) is 30.4 Å². The number of para-hydroxylation sites is 1. The van der Waals surface area contributed by atoms with Gasteiger partial charge in [0, 0.05) is 13.1 Å². The molecule has 1 aliphatic rings. The number of β-amino-alcohol motifs (C(OH)–C–C–N with tert-alkyl or cyclic N) is 1. The standard InChI is InChI=1S/C11H15NO2/c1-8-4-2-3-5-10(8)14-11-7-12-6-9(11)13/h2-5,9,11-13H,6-7H2,1H3/t9-,11-/m0/s1. The summed E-state index contributed by atoms with van der Waals surface area (Å²) < 4.78 is 5.71. The monoisotopic (exact) mass is 193 g/mol. The van der Waals surface area contributed by atoms with Crippen LogP contribution in [0.2, 0.25) is 0 Å². The maximum absolute atomic E-state index is 9.55. The van der Waals surface area contributed by atoms with Crippen LogP contribution >= 0.6 is 0 Å². The normalized spacial score (nSPS) is 26.4. The van der Waals surface area contributed by atoms with Gasteiger partial charge in [0.05, 0.1) is 0 Å². The first kappa shape index (κ1) is 9.49. The first-order chi connectivity index (χ1) is 6.77. The van der Waals surface area contributed by atoms with Crippen LogP contribution in [-0.2, 0) is 0 Å². The molecule has 2 rings (SSSR count). The van der Waals surface area contributed by atoms with E-state index in [0.29, 0.717) is 6.54 Å². The van der Waals surface area contributed by atoms with Gasteiger partial charge < -0.3 is 15.2 Å². The molecular weight excluding hydrogens is 178 g/mol. The molecule has 1 aromatic rings. The van der Waals surface area contributed by atoms with Gasteiger partial charge in [0.1, 0.15) is 18.0 Å². The Morgan fingerprint density at radius 1 is 1.36 bits per heavy atom. The van der Waals surface area contributed by atoms with Crippen molar-refractivity contribution in [3.63, 3.8) is 0 Å². The van der Waals surface area contributed by atoms with Gasteiger partial charge in [0.2, 0.25) is 0 Å². The van der Waals surface area contributed by atoms with E-state index < -0.39 is 6.10 Å². The van der Waals surface area contributed by atoms with Crippen molar-refractivity contribution in [2.24, 2.45) is 0 Å². The molecule has 0 aromatic heterocycles. The van der Waals surface area contributed by atoms with E-state index in [-0.39, 0.29) is 6.10 Å². The molecule has 1 aliphatic heterocycles. The van der Waals surface area contributed by atoms with Gasteiger partial charge >= 0.3 is 0 Å². The molecule has 0 unspecified atom stereocenters. The summed E-state index contributed by atoms with van der Waals surface area (Å²) in [5, 5.41) is 12.6. The summed E-state index contributed by atoms with van der Waals surface area (Å²) in [4.78, 5) is 0. The number of aliphatic hydroxyl groups excluding tert-OH is 1. The zero-order chi connectivity index (χ0) is 9.97. The molecule has 3 nitrogen and oxygen atoms in total. The average molecular weight is 193 g/mol. The predicted octanol–water partition coefficient (Wildman–Crippen LogP) is 0.707. The first-order valence-corrected chi connectivity index (χ1v) is 4.88. The number of ether oxygens (including phenoxy) is 1. The fourth-order valence-corrected chi connectivity index (χ4v) is 1.61. The molecule has 1 fully saturated rings. The third-order valence-electron chi connectivity index (χ3n) is 2.50. The minimum absolute atomic E-state index is 0.115. The maximum atomic E-state index is 9.55. The van der Waals surface area contributed by atoms with E-state index in [0.717, 1.165) is 17.9 Å². The number of hydrogen-bond donors (Lipinski definition) is 2. The van der Waals surface area contributed by atoms with Crippen molar-refractivity contribution >= 4 is 0 Å². The topological polar surface area (TPSA) is 41.5 Å². The number of aliphatic hydroxyl groups is 1. The number of rotatable bonds is 2. The number of nitrogens with one attached hydrogen (secondary N) is 1. The Kier molecular flexibility index (Phi) is 2.70. The van der Waals surface area contributed by atoms with Gasteiger partial charge in [-0.1, -0.05) is 18.2 Å². The molecule has 1 aromatic carbocycles. The lowest BCUT2D eigenvalue weighted by Crippen LogP contribution is -2.30. The Hall–Kier alpha value is -1.06. The summed E-state index contributed by atoms with van der Waals surface area (Å²) in [5.74, 6) is 0.861. The van der Waals surface area contributed by atoms with Crippen molar-refractivity contribution < 1.29 is 9.84 Å². The highest BCUT2D eigenvalue weighted by Gasteiger charge is 2.26. The van der Waals surface area contributed by atoms with Crippen molar-refractivity contribution in [3.8, 4) is 5.75 Å². The molecule has 1 saturated heterocycles. The van der Waals surface area contributed by atoms with Crippen molar-refractivity contribution in [3.05, 3.63) is 29.8 Å². The molecule has 2 atom stereocenters. The third-order valence-corrected chi connectivity index (χ3v) is 2.50. The Morgan fingerprint density at radius 2 is 2.14 bits per heavy atom. The minimum Gasteiger partial charge on any atom is -0.486 e. The van der Waals surface area contributed by atoms with Gasteiger partial charge in [-0.05, 0) is 18.6 Å². The van der Waals surface area contributed by atoms with Crippen LogP contribution in [0.1, 0.15) is 5.56 Å². The summed E-state index contributed by atoms with van der Waals surface area (Å²) in [6.45, 7) is 3.34. The highest BCUT2D eigenvalue weighted by Crippen LogP contribution is 2.19. The summed E-state index contributed by atoms with van der Waals surface area (Å²) in [6.07, 6.45) is -0.509. The van der Waals surface area contributed by atoms with Gasteiger partial charge in [-0.15, -0.1) is 0 Å².